The van der Waals surface area contributed by atoms with Gasteiger partial charge in [-0.15, -0.1) is 0 Å². The van der Waals surface area contributed by atoms with E-state index in [0.717, 1.165) is 6.42 Å². The SMILES string of the molecule is CC[C@@H]1OC(C)(C)O[C@H]1CC#CC(=O)OC. The van der Waals surface area contributed by atoms with E-state index in [2.05, 4.69) is 16.6 Å². The van der Waals surface area contributed by atoms with Gasteiger partial charge in [0.25, 0.3) is 0 Å². The summed E-state index contributed by atoms with van der Waals surface area (Å²) in [6.45, 7) is 5.79. The summed E-state index contributed by atoms with van der Waals surface area (Å²) in [5.41, 5.74) is 0. The Hall–Kier alpha value is -1.05. The summed E-state index contributed by atoms with van der Waals surface area (Å²) in [5, 5.41) is 0. The molecule has 0 unspecified atom stereocenters. The number of hydrogen-bond acceptors (Lipinski definition) is 4. The fourth-order valence-electron chi connectivity index (χ4n) is 1.70. The second-order valence-corrected chi connectivity index (χ2v) is 4.12. The molecule has 0 N–H and O–H groups in total. The van der Waals surface area contributed by atoms with Gasteiger partial charge in [0.05, 0.1) is 19.3 Å². The predicted octanol–water partition coefficient (Wildman–Crippen LogP) is 1.48. The average molecular weight is 226 g/mol. The van der Waals surface area contributed by atoms with Gasteiger partial charge in [0.1, 0.15) is 0 Å². The Labute approximate surface area is 96.2 Å². The third-order valence-electron chi connectivity index (χ3n) is 2.37. The molecule has 1 fully saturated rings. The zero-order valence-corrected chi connectivity index (χ0v) is 10.2. The van der Waals surface area contributed by atoms with Crippen molar-refractivity contribution < 1.29 is 19.0 Å². The highest BCUT2D eigenvalue weighted by molar-refractivity contribution is 5.88. The van der Waals surface area contributed by atoms with Crippen molar-refractivity contribution in [2.24, 2.45) is 0 Å². The van der Waals surface area contributed by atoms with E-state index in [-0.39, 0.29) is 12.2 Å². The smallest absolute Gasteiger partial charge is 0.384 e. The standard InChI is InChI=1S/C12H18O4/c1-5-9-10(16-12(2,3)15-9)7-6-8-11(13)14-4/h9-10H,5,7H2,1-4H3/t9-,10-/m0/s1. The lowest BCUT2D eigenvalue weighted by molar-refractivity contribution is -0.145. The van der Waals surface area contributed by atoms with E-state index in [4.69, 9.17) is 9.47 Å². The molecule has 90 valence electrons. The summed E-state index contributed by atoms with van der Waals surface area (Å²) >= 11 is 0. The van der Waals surface area contributed by atoms with Gasteiger partial charge in [0, 0.05) is 12.3 Å². The summed E-state index contributed by atoms with van der Waals surface area (Å²) in [4.78, 5) is 10.8. The zero-order valence-electron chi connectivity index (χ0n) is 10.2. The van der Waals surface area contributed by atoms with Crippen LogP contribution in [-0.4, -0.2) is 31.1 Å². The minimum atomic E-state index is -0.557. The molecule has 0 spiro atoms. The van der Waals surface area contributed by atoms with E-state index in [0.29, 0.717) is 6.42 Å². The topological polar surface area (TPSA) is 44.8 Å². The Morgan fingerprint density at radius 2 is 2.00 bits per heavy atom. The molecular weight excluding hydrogens is 208 g/mol. The van der Waals surface area contributed by atoms with Gasteiger partial charge in [0.15, 0.2) is 5.79 Å². The van der Waals surface area contributed by atoms with E-state index in [1.807, 2.05) is 20.8 Å². The van der Waals surface area contributed by atoms with E-state index in [9.17, 15) is 4.79 Å². The Bertz CT molecular complexity index is 311. The molecule has 16 heavy (non-hydrogen) atoms. The third kappa shape index (κ3) is 3.51. The van der Waals surface area contributed by atoms with Crippen LogP contribution in [0.25, 0.3) is 0 Å². The Balaban J connectivity index is 2.53. The second kappa shape index (κ2) is 5.33. The first-order valence-corrected chi connectivity index (χ1v) is 5.41. The Morgan fingerprint density at radius 3 is 2.56 bits per heavy atom. The van der Waals surface area contributed by atoms with Crippen LogP contribution in [0, 0.1) is 11.8 Å². The maximum absolute atomic E-state index is 10.8. The number of carbonyl (C=O) groups is 1. The number of esters is 1. The molecule has 1 aliphatic rings. The van der Waals surface area contributed by atoms with Crippen molar-refractivity contribution in [2.45, 2.75) is 51.6 Å². The molecule has 4 heteroatoms. The van der Waals surface area contributed by atoms with E-state index >= 15 is 0 Å². The molecule has 0 saturated carbocycles. The monoisotopic (exact) mass is 226 g/mol. The zero-order chi connectivity index (χ0) is 12.2. The predicted molar refractivity (Wildman–Crippen MR) is 58.5 cm³/mol. The summed E-state index contributed by atoms with van der Waals surface area (Å²) in [6.07, 6.45) is 1.32. The fraction of sp³-hybridized carbons (Fsp3) is 0.750. The number of ether oxygens (including phenoxy) is 3. The highest BCUT2D eigenvalue weighted by Crippen LogP contribution is 2.31. The molecule has 1 heterocycles. The van der Waals surface area contributed by atoms with Crippen molar-refractivity contribution in [1.29, 1.82) is 0 Å². The molecule has 2 atom stereocenters. The Kier molecular flexibility index (Phi) is 4.34. The van der Waals surface area contributed by atoms with Gasteiger partial charge < -0.3 is 14.2 Å². The van der Waals surface area contributed by atoms with Gasteiger partial charge >= 0.3 is 5.97 Å². The van der Waals surface area contributed by atoms with Crippen LogP contribution in [0.1, 0.15) is 33.6 Å². The highest BCUT2D eigenvalue weighted by atomic mass is 16.7. The minimum Gasteiger partial charge on any atom is -0.459 e. The fourth-order valence-corrected chi connectivity index (χ4v) is 1.70. The lowest BCUT2D eigenvalue weighted by Gasteiger charge is -2.16. The van der Waals surface area contributed by atoms with E-state index in [1.54, 1.807) is 0 Å². The lowest BCUT2D eigenvalue weighted by atomic mass is 10.1. The first-order chi connectivity index (χ1) is 7.48. The normalized spacial score (nSPS) is 27.0. The van der Waals surface area contributed by atoms with Gasteiger partial charge in [-0.1, -0.05) is 12.8 Å². The summed E-state index contributed by atoms with van der Waals surface area (Å²) < 4.78 is 15.8. The molecule has 0 aromatic heterocycles. The molecule has 0 aromatic carbocycles. The maximum atomic E-state index is 10.8. The van der Waals surface area contributed by atoms with Gasteiger partial charge in [-0.3, -0.25) is 0 Å². The van der Waals surface area contributed by atoms with Gasteiger partial charge in [-0.2, -0.15) is 0 Å². The van der Waals surface area contributed by atoms with Crippen molar-refractivity contribution in [1.82, 2.24) is 0 Å². The van der Waals surface area contributed by atoms with Crippen LogP contribution in [0.2, 0.25) is 0 Å². The van der Waals surface area contributed by atoms with E-state index < -0.39 is 11.8 Å². The summed E-state index contributed by atoms with van der Waals surface area (Å²) in [7, 11) is 1.31. The summed E-state index contributed by atoms with van der Waals surface area (Å²) in [5.74, 6) is 4.06. The van der Waals surface area contributed by atoms with Crippen molar-refractivity contribution >= 4 is 5.97 Å². The number of rotatable bonds is 2. The van der Waals surface area contributed by atoms with Crippen LogP contribution in [-0.2, 0) is 19.0 Å². The largest absolute Gasteiger partial charge is 0.459 e. The molecule has 1 aliphatic heterocycles. The molecule has 0 aliphatic carbocycles. The van der Waals surface area contributed by atoms with Crippen LogP contribution >= 0.6 is 0 Å². The minimum absolute atomic E-state index is 0.0435. The van der Waals surface area contributed by atoms with Crippen LogP contribution in [0.5, 0.6) is 0 Å². The number of carbonyl (C=O) groups excluding carboxylic acids is 1. The molecular formula is C12H18O4. The third-order valence-corrected chi connectivity index (χ3v) is 2.37. The Morgan fingerprint density at radius 1 is 1.38 bits per heavy atom. The van der Waals surface area contributed by atoms with Crippen LogP contribution in [0.15, 0.2) is 0 Å². The summed E-state index contributed by atoms with van der Waals surface area (Å²) in [6, 6.07) is 0. The van der Waals surface area contributed by atoms with Crippen LogP contribution < -0.4 is 0 Å². The van der Waals surface area contributed by atoms with E-state index in [1.165, 1.54) is 7.11 Å². The van der Waals surface area contributed by atoms with Crippen molar-refractivity contribution in [3.8, 4) is 11.8 Å². The van der Waals surface area contributed by atoms with Crippen molar-refractivity contribution in [3.05, 3.63) is 0 Å². The second-order valence-electron chi connectivity index (χ2n) is 4.12. The van der Waals surface area contributed by atoms with Gasteiger partial charge in [-0.05, 0) is 20.3 Å². The van der Waals surface area contributed by atoms with Crippen LogP contribution in [0.4, 0.5) is 0 Å². The molecule has 0 aromatic rings. The van der Waals surface area contributed by atoms with Gasteiger partial charge in [-0.25, -0.2) is 4.79 Å². The molecule has 1 saturated heterocycles. The van der Waals surface area contributed by atoms with Gasteiger partial charge in [0.2, 0.25) is 0 Å². The molecule has 1 rings (SSSR count). The quantitative estimate of drug-likeness (QED) is 0.406. The number of hydrogen-bond donors (Lipinski definition) is 0. The highest BCUT2D eigenvalue weighted by Gasteiger charge is 2.39. The first-order valence-electron chi connectivity index (χ1n) is 5.41. The lowest BCUT2D eigenvalue weighted by Crippen LogP contribution is -2.21. The molecule has 0 radical (unpaired) electrons. The first kappa shape index (κ1) is 13.0. The number of methoxy groups -OCH3 is 1. The average Bonchev–Trinajstić information content (AvgIpc) is 2.53. The maximum Gasteiger partial charge on any atom is 0.384 e. The van der Waals surface area contributed by atoms with Crippen LogP contribution in [0.3, 0.4) is 0 Å². The molecule has 4 nitrogen and oxygen atoms in total. The van der Waals surface area contributed by atoms with Crippen molar-refractivity contribution in [3.63, 3.8) is 0 Å². The molecule has 0 bridgehead atoms. The van der Waals surface area contributed by atoms with Crippen molar-refractivity contribution in [2.75, 3.05) is 7.11 Å². The molecule has 0 amide bonds.